The van der Waals surface area contributed by atoms with E-state index in [0.29, 0.717) is 0 Å². The predicted molar refractivity (Wildman–Crippen MR) is 55.3 cm³/mol. The van der Waals surface area contributed by atoms with E-state index in [4.69, 9.17) is 9.47 Å². The molecule has 0 unspecified atom stereocenters. The van der Waals surface area contributed by atoms with Gasteiger partial charge in [0, 0.05) is 32.0 Å². The minimum Gasteiger partial charge on any atom is -1.00 e. The number of rotatable bonds is 3. The largest absolute Gasteiger partial charge is 1.00 e. The summed E-state index contributed by atoms with van der Waals surface area (Å²) in [6.07, 6.45) is 0. The Morgan fingerprint density at radius 2 is 1.94 bits per heavy atom. The summed E-state index contributed by atoms with van der Waals surface area (Å²) in [5.41, 5.74) is 0. The van der Waals surface area contributed by atoms with E-state index in [1.165, 1.54) is 0 Å². The van der Waals surface area contributed by atoms with Gasteiger partial charge in [0.25, 0.3) is 0 Å². The predicted octanol–water partition coefficient (Wildman–Crippen LogP) is -0.376. The Bertz CT molecular complexity index is 429. The van der Waals surface area contributed by atoms with Gasteiger partial charge in [-0.2, -0.15) is 0 Å². The maximum Gasteiger partial charge on any atom is 0.188 e. The second kappa shape index (κ2) is 7.61. The minimum absolute atomic E-state index is 0. The quantitative estimate of drug-likeness (QED) is 0.566. The Labute approximate surface area is 114 Å². The summed E-state index contributed by atoms with van der Waals surface area (Å²) >= 11 is 0. The second-order valence-corrected chi connectivity index (χ2v) is 2.94. The topological polar surface area (TPSA) is 18.5 Å². The molecule has 0 amide bonds. The number of ether oxygens (including phenoxy) is 2. The van der Waals surface area contributed by atoms with Crippen LogP contribution in [0.25, 0.3) is 10.8 Å². The standard InChI is InChI=1S/C12H11O2.ClH.Zn/c1-13-9-14-12-8-4-6-10-5-2-3-7-11(10)12;;/h2-5,7-8H,9H2,1H3;1H;/p-1. The van der Waals surface area contributed by atoms with Crippen LogP contribution in [0.5, 0.6) is 5.75 Å². The van der Waals surface area contributed by atoms with Gasteiger partial charge in [0.2, 0.25) is 0 Å². The zero-order valence-corrected chi connectivity index (χ0v) is 12.8. The van der Waals surface area contributed by atoms with Crippen LogP contribution in [0.4, 0.5) is 0 Å². The summed E-state index contributed by atoms with van der Waals surface area (Å²) in [7, 11) is 1.61. The molecular weight excluding hydrogens is 277 g/mol. The van der Waals surface area contributed by atoms with Gasteiger partial charge in [-0.1, -0.05) is 30.3 Å². The van der Waals surface area contributed by atoms with Gasteiger partial charge in [0.05, 0.1) is 0 Å². The molecule has 0 bridgehead atoms. The third-order valence-electron chi connectivity index (χ3n) is 2.00. The fourth-order valence-electron chi connectivity index (χ4n) is 1.37. The Kier molecular flexibility index (Phi) is 7.32. The van der Waals surface area contributed by atoms with Crippen LogP contribution in [0.2, 0.25) is 0 Å². The van der Waals surface area contributed by atoms with E-state index < -0.39 is 0 Å². The molecule has 81 valence electrons. The third-order valence-corrected chi connectivity index (χ3v) is 2.00. The van der Waals surface area contributed by atoms with Gasteiger partial charge >= 0.3 is 0 Å². The molecule has 0 N–H and O–H groups in total. The van der Waals surface area contributed by atoms with E-state index in [1.807, 2.05) is 36.4 Å². The molecule has 0 atom stereocenters. The first-order chi connectivity index (χ1) is 6.92. The summed E-state index contributed by atoms with van der Waals surface area (Å²) in [5, 5.41) is 2.12. The monoisotopic (exact) mass is 286 g/mol. The fourth-order valence-corrected chi connectivity index (χ4v) is 1.37. The smallest absolute Gasteiger partial charge is 0.188 e. The second-order valence-electron chi connectivity index (χ2n) is 2.94. The number of benzene rings is 2. The van der Waals surface area contributed by atoms with Crippen molar-refractivity contribution in [2.45, 2.75) is 0 Å². The van der Waals surface area contributed by atoms with E-state index in [9.17, 15) is 0 Å². The number of hydrogen-bond donors (Lipinski definition) is 0. The molecule has 0 spiro atoms. The Hall–Kier alpha value is -0.627. The van der Waals surface area contributed by atoms with Gasteiger partial charge in [-0.25, -0.2) is 0 Å². The Balaban J connectivity index is 0.00000112. The molecule has 0 saturated carbocycles. The maximum absolute atomic E-state index is 5.43. The molecule has 0 saturated heterocycles. The number of fused-ring (bicyclic) bond motifs is 1. The van der Waals surface area contributed by atoms with Gasteiger partial charge in [-0.05, 0) is 17.5 Å². The first-order valence-corrected chi connectivity index (χ1v) is 4.43. The van der Waals surface area contributed by atoms with Gasteiger partial charge in [-0.3, -0.25) is 0 Å². The van der Waals surface area contributed by atoms with Gasteiger partial charge in [0.15, 0.2) is 6.79 Å². The van der Waals surface area contributed by atoms with Crippen LogP contribution in [0, 0.1) is 6.07 Å². The normalized spacial score (nSPS) is 9.06. The molecule has 0 aromatic heterocycles. The molecule has 0 aliphatic carbocycles. The number of methoxy groups -OCH3 is 1. The van der Waals surface area contributed by atoms with Crippen LogP contribution < -0.4 is 17.1 Å². The first kappa shape index (κ1) is 15.4. The van der Waals surface area contributed by atoms with Crippen molar-refractivity contribution in [2.24, 2.45) is 0 Å². The molecule has 16 heavy (non-hydrogen) atoms. The summed E-state index contributed by atoms with van der Waals surface area (Å²) in [6, 6.07) is 14.9. The summed E-state index contributed by atoms with van der Waals surface area (Å²) in [6.45, 7) is 0.272. The molecular formula is C12H11ClO2Zn-. The van der Waals surface area contributed by atoms with E-state index in [2.05, 4.69) is 6.07 Å². The molecule has 0 aliphatic rings. The van der Waals surface area contributed by atoms with Crippen molar-refractivity contribution < 1.29 is 41.4 Å². The van der Waals surface area contributed by atoms with Crippen LogP contribution in [-0.4, -0.2) is 13.9 Å². The van der Waals surface area contributed by atoms with Crippen molar-refractivity contribution in [2.75, 3.05) is 13.9 Å². The SMILES string of the molecule is COCOc1cc[c]c2ccccc12.[Cl-].[Zn]. The van der Waals surface area contributed by atoms with E-state index in [1.54, 1.807) is 7.11 Å². The van der Waals surface area contributed by atoms with Crippen LogP contribution >= 0.6 is 0 Å². The average molecular weight is 288 g/mol. The molecule has 0 aliphatic heterocycles. The van der Waals surface area contributed by atoms with Gasteiger partial charge in [-0.15, -0.1) is 0 Å². The van der Waals surface area contributed by atoms with Crippen molar-refractivity contribution in [1.29, 1.82) is 0 Å². The van der Waals surface area contributed by atoms with Crippen LogP contribution in [-0.2, 0) is 24.2 Å². The van der Waals surface area contributed by atoms with Crippen LogP contribution in [0.15, 0.2) is 36.4 Å². The Morgan fingerprint density at radius 3 is 2.69 bits per heavy atom. The van der Waals surface area contributed by atoms with Crippen molar-refractivity contribution in [3.63, 3.8) is 0 Å². The summed E-state index contributed by atoms with van der Waals surface area (Å²) in [5.74, 6) is 0.834. The van der Waals surface area contributed by atoms with E-state index in [0.717, 1.165) is 16.5 Å². The molecule has 2 aromatic rings. The molecule has 2 rings (SSSR count). The molecule has 1 radical (unpaired) electrons. The molecule has 2 aromatic carbocycles. The van der Waals surface area contributed by atoms with Crippen LogP contribution in [0.1, 0.15) is 0 Å². The van der Waals surface area contributed by atoms with Crippen molar-refractivity contribution in [1.82, 2.24) is 0 Å². The van der Waals surface area contributed by atoms with Crippen molar-refractivity contribution in [3.8, 4) is 5.75 Å². The zero-order valence-electron chi connectivity index (χ0n) is 9.07. The number of hydrogen-bond acceptors (Lipinski definition) is 2. The fraction of sp³-hybridized carbons (Fsp3) is 0.167. The molecule has 4 heteroatoms. The first-order valence-electron chi connectivity index (χ1n) is 4.43. The van der Waals surface area contributed by atoms with E-state index in [-0.39, 0.29) is 38.7 Å². The summed E-state index contributed by atoms with van der Waals surface area (Å²) < 4.78 is 10.3. The number of halogens is 1. The molecule has 0 fully saturated rings. The average Bonchev–Trinajstić information content (AvgIpc) is 2.26. The van der Waals surface area contributed by atoms with Gasteiger partial charge in [0.1, 0.15) is 5.75 Å². The van der Waals surface area contributed by atoms with Crippen molar-refractivity contribution >= 4 is 10.8 Å². The van der Waals surface area contributed by atoms with Crippen molar-refractivity contribution in [3.05, 3.63) is 42.5 Å². The summed E-state index contributed by atoms with van der Waals surface area (Å²) in [4.78, 5) is 0. The minimum atomic E-state index is 0. The Morgan fingerprint density at radius 1 is 1.19 bits per heavy atom. The zero-order chi connectivity index (χ0) is 9.80. The van der Waals surface area contributed by atoms with Gasteiger partial charge < -0.3 is 21.9 Å². The van der Waals surface area contributed by atoms with E-state index >= 15 is 0 Å². The molecule has 2 nitrogen and oxygen atoms in total. The third kappa shape index (κ3) is 3.45. The van der Waals surface area contributed by atoms with Crippen LogP contribution in [0.3, 0.4) is 0 Å². The molecule has 0 heterocycles. The maximum atomic E-state index is 5.43.